The van der Waals surface area contributed by atoms with Gasteiger partial charge in [0.25, 0.3) is 0 Å². The standard InChI is InChI=1S/C17H24BrNO3/c1-12-11-14(8-9-19(12)17(20)21)5-4-10-22-16-7-3-6-15(18)13(16)2/h3,6-7,12,14H,4-5,8-11H2,1-2H3,(H,20,21)/t12-,14+/m1/s1. The van der Waals surface area contributed by atoms with E-state index in [-0.39, 0.29) is 6.04 Å². The first-order chi connectivity index (χ1) is 10.5. The molecule has 1 aliphatic rings. The van der Waals surface area contributed by atoms with Crippen LogP contribution in [0.2, 0.25) is 0 Å². The summed E-state index contributed by atoms with van der Waals surface area (Å²) in [5.41, 5.74) is 1.13. The molecule has 22 heavy (non-hydrogen) atoms. The van der Waals surface area contributed by atoms with Gasteiger partial charge in [0.05, 0.1) is 6.61 Å². The molecule has 0 unspecified atom stereocenters. The van der Waals surface area contributed by atoms with Crippen LogP contribution in [0.25, 0.3) is 0 Å². The fourth-order valence-electron chi connectivity index (χ4n) is 3.11. The molecule has 1 aromatic carbocycles. The number of nitrogens with zero attached hydrogens (tertiary/aromatic N) is 1. The van der Waals surface area contributed by atoms with Crippen LogP contribution in [0.15, 0.2) is 22.7 Å². The topological polar surface area (TPSA) is 49.8 Å². The van der Waals surface area contributed by atoms with Crippen molar-refractivity contribution < 1.29 is 14.6 Å². The number of ether oxygens (including phenoxy) is 1. The van der Waals surface area contributed by atoms with Gasteiger partial charge in [0.2, 0.25) is 0 Å². The normalized spacial score (nSPS) is 21.7. The second kappa shape index (κ2) is 7.86. The van der Waals surface area contributed by atoms with Gasteiger partial charge in [0.15, 0.2) is 0 Å². The van der Waals surface area contributed by atoms with Crippen molar-refractivity contribution in [2.75, 3.05) is 13.2 Å². The van der Waals surface area contributed by atoms with E-state index < -0.39 is 6.09 Å². The maximum Gasteiger partial charge on any atom is 0.407 e. The van der Waals surface area contributed by atoms with Crippen LogP contribution in [0.1, 0.15) is 38.2 Å². The summed E-state index contributed by atoms with van der Waals surface area (Å²) >= 11 is 3.51. The van der Waals surface area contributed by atoms with E-state index in [0.29, 0.717) is 19.1 Å². The van der Waals surface area contributed by atoms with Crippen molar-refractivity contribution in [2.24, 2.45) is 5.92 Å². The SMILES string of the molecule is Cc1c(Br)cccc1OCCC[C@H]1CCN(C(=O)O)[C@H](C)C1. The van der Waals surface area contributed by atoms with Crippen LogP contribution in [0.3, 0.4) is 0 Å². The van der Waals surface area contributed by atoms with Crippen LogP contribution in [0.5, 0.6) is 5.75 Å². The maximum atomic E-state index is 11.1. The largest absolute Gasteiger partial charge is 0.493 e. The molecular formula is C17H24BrNO3. The van der Waals surface area contributed by atoms with E-state index in [0.717, 1.165) is 41.5 Å². The van der Waals surface area contributed by atoms with Crippen LogP contribution in [-0.2, 0) is 0 Å². The van der Waals surface area contributed by atoms with Gasteiger partial charge in [-0.05, 0) is 57.6 Å². The Bertz CT molecular complexity index is 521. The Hall–Kier alpha value is -1.23. The van der Waals surface area contributed by atoms with Crippen molar-refractivity contribution >= 4 is 22.0 Å². The summed E-state index contributed by atoms with van der Waals surface area (Å²) in [7, 11) is 0. The molecule has 4 nitrogen and oxygen atoms in total. The molecule has 0 spiro atoms. The van der Waals surface area contributed by atoms with Crippen LogP contribution in [0.4, 0.5) is 4.79 Å². The highest BCUT2D eigenvalue weighted by atomic mass is 79.9. The summed E-state index contributed by atoms with van der Waals surface area (Å²) in [5, 5.41) is 9.09. The lowest BCUT2D eigenvalue weighted by atomic mass is 9.88. The highest BCUT2D eigenvalue weighted by Crippen LogP contribution is 2.28. The fraction of sp³-hybridized carbons (Fsp3) is 0.588. The zero-order valence-corrected chi connectivity index (χ0v) is 14.8. The molecule has 0 saturated carbocycles. The van der Waals surface area contributed by atoms with E-state index in [9.17, 15) is 4.79 Å². The Balaban J connectivity index is 1.71. The Morgan fingerprint density at radius 3 is 2.95 bits per heavy atom. The summed E-state index contributed by atoms with van der Waals surface area (Å²) in [5.74, 6) is 1.54. The number of halogens is 1. The molecular weight excluding hydrogens is 346 g/mol. The number of rotatable bonds is 5. The van der Waals surface area contributed by atoms with E-state index in [1.54, 1.807) is 4.90 Å². The second-order valence-corrected chi connectivity index (χ2v) is 6.92. The molecule has 122 valence electrons. The number of carbonyl (C=O) groups is 1. The Morgan fingerprint density at radius 1 is 1.50 bits per heavy atom. The first-order valence-electron chi connectivity index (χ1n) is 7.86. The molecule has 1 aromatic rings. The van der Waals surface area contributed by atoms with E-state index in [2.05, 4.69) is 15.9 Å². The van der Waals surface area contributed by atoms with E-state index in [4.69, 9.17) is 9.84 Å². The minimum atomic E-state index is -0.792. The monoisotopic (exact) mass is 369 g/mol. The molecule has 1 fully saturated rings. The summed E-state index contributed by atoms with van der Waals surface area (Å²) in [4.78, 5) is 12.6. The lowest BCUT2D eigenvalue weighted by Gasteiger charge is -2.35. The molecule has 0 bridgehead atoms. The average molecular weight is 370 g/mol. The number of piperidine rings is 1. The van der Waals surface area contributed by atoms with Gasteiger partial charge in [-0.25, -0.2) is 4.79 Å². The van der Waals surface area contributed by atoms with E-state index in [1.807, 2.05) is 32.0 Å². The van der Waals surface area contributed by atoms with E-state index in [1.165, 1.54) is 0 Å². The number of likely N-dealkylation sites (tertiary alicyclic amines) is 1. The lowest BCUT2D eigenvalue weighted by molar-refractivity contribution is 0.0928. The third-order valence-electron chi connectivity index (χ3n) is 4.46. The summed E-state index contributed by atoms with van der Waals surface area (Å²) < 4.78 is 6.93. The molecule has 1 N–H and O–H groups in total. The average Bonchev–Trinajstić information content (AvgIpc) is 2.47. The van der Waals surface area contributed by atoms with Crippen LogP contribution in [0, 0.1) is 12.8 Å². The summed E-state index contributed by atoms with van der Waals surface area (Å²) in [6.07, 6.45) is 3.25. The zero-order chi connectivity index (χ0) is 16.1. The minimum absolute atomic E-state index is 0.129. The molecule has 1 saturated heterocycles. The molecule has 2 rings (SSSR count). The van der Waals surface area contributed by atoms with Crippen molar-refractivity contribution in [3.05, 3.63) is 28.2 Å². The molecule has 0 radical (unpaired) electrons. The van der Waals surface area contributed by atoms with Crippen molar-refractivity contribution in [1.82, 2.24) is 4.90 Å². The second-order valence-electron chi connectivity index (χ2n) is 6.07. The predicted octanol–water partition coefficient (Wildman–Crippen LogP) is 4.70. The third-order valence-corrected chi connectivity index (χ3v) is 5.32. The van der Waals surface area contributed by atoms with Crippen molar-refractivity contribution in [2.45, 2.75) is 45.6 Å². The van der Waals surface area contributed by atoms with Crippen LogP contribution >= 0.6 is 15.9 Å². The predicted molar refractivity (Wildman–Crippen MR) is 90.5 cm³/mol. The van der Waals surface area contributed by atoms with Crippen molar-refractivity contribution in [3.63, 3.8) is 0 Å². The quantitative estimate of drug-likeness (QED) is 0.765. The highest BCUT2D eigenvalue weighted by Gasteiger charge is 2.28. The van der Waals surface area contributed by atoms with Crippen LogP contribution < -0.4 is 4.74 Å². The van der Waals surface area contributed by atoms with Gasteiger partial charge in [-0.2, -0.15) is 0 Å². The van der Waals surface area contributed by atoms with Gasteiger partial charge in [-0.3, -0.25) is 0 Å². The van der Waals surface area contributed by atoms with Gasteiger partial charge in [0.1, 0.15) is 5.75 Å². The number of hydrogen-bond acceptors (Lipinski definition) is 2. The summed E-state index contributed by atoms with van der Waals surface area (Å²) in [6, 6.07) is 6.12. The Kier molecular flexibility index (Phi) is 6.12. The molecule has 0 aromatic heterocycles. The van der Waals surface area contributed by atoms with Crippen molar-refractivity contribution in [1.29, 1.82) is 0 Å². The Morgan fingerprint density at radius 2 is 2.27 bits per heavy atom. The third kappa shape index (κ3) is 4.38. The van der Waals surface area contributed by atoms with Gasteiger partial charge >= 0.3 is 6.09 Å². The van der Waals surface area contributed by atoms with Crippen molar-refractivity contribution in [3.8, 4) is 5.75 Å². The van der Waals surface area contributed by atoms with Crippen LogP contribution in [-0.4, -0.2) is 35.3 Å². The molecule has 0 aliphatic carbocycles. The number of carboxylic acid groups (broad SMARTS) is 1. The van der Waals surface area contributed by atoms with Gasteiger partial charge < -0.3 is 14.7 Å². The first kappa shape index (κ1) is 17.1. The summed E-state index contributed by atoms with van der Waals surface area (Å²) in [6.45, 7) is 5.42. The van der Waals surface area contributed by atoms with Gasteiger partial charge in [0, 0.05) is 22.6 Å². The Labute approximate surface area is 140 Å². The minimum Gasteiger partial charge on any atom is -0.493 e. The number of benzene rings is 1. The van der Waals surface area contributed by atoms with Gasteiger partial charge in [-0.1, -0.05) is 22.0 Å². The molecule has 1 amide bonds. The molecule has 2 atom stereocenters. The number of hydrogen-bond donors (Lipinski definition) is 1. The molecule has 1 aliphatic heterocycles. The fourth-order valence-corrected chi connectivity index (χ4v) is 3.46. The highest BCUT2D eigenvalue weighted by molar-refractivity contribution is 9.10. The first-order valence-corrected chi connectivity index (χ1v) is 8.65. The van der Waals surface area contributed by atoms with Gasteiger partial charge in [-0.15, -0.1) is 0 Å². The zero-order valence-electron chi connectivity index (χ0n) is 13.2. The molecule has 5 heteroatoms. The lowest BCUT2D eigenvalue weighted by Crippen LogP contribution is -2.43. The van der Waals surface area contributed by atoms with E-state index >= 15 is 0 Å². The number of amides is 1. The smallest absolute Gasteiger partial charge is 0.407 e. The maximum absolute atomic E-state index is 11.1. The molecule has 1 heterocycles.